The monoisotopic (exact) mass is 312 g/mol. The Bertz CT molecular complexity index is 561. The second-order valence-corrected chi connectivity index (χ2v) is 5.43. The van der Waals surface area contributed by atoms with Crippen molar-refractivity contribution in [3.8, 4) is 0 Å². The summed E-state index contributed by atoms with van der Waals surface area (Å²) in [7, 11) is 1.32. The average Bonchev–Trinajstić information content (AvgIpc) is 2.45. The highest BCUT2D eigenvalue weighted by molar-refractivity contribution is 7.98. The lowest BCUT2D eigenvalue weighted by molar-refractivity contribution is -0.385. The first-order chi connectivity index (χ1) is 9.86. The molecule has 0 aliphatic carbocycles. The molecule has 0 aliphatic heterocycles. The number of carbonyl (C=O) groups excluding carboxylic acids is 2. The largest absolute Gasteiger partial charge is 0.469 e. The van der Waals surface area contributed by atoms with Gasteiger partial charge in [0.1, 0.15) is 0 Å². The zero-order chi connectivity index (χ0) is 16.0. The number of thioether (sulfide) groups is 1. The molecule has 0 heterocycles. The van der Waals surface area contributed by atoms with Crippen molar-refractivity contribution in [1.29, 1.82) is 0 Å². The van der Waals surface area contributed by atoms with E-state index in [9.17, 15) is 19.7 Å². The fourth-order valence-corrected chi connectivity index (χ4v) is 2.70. The van der Waals surface area contributed by atoms with E-state index in [2.05, 4.69) is 4.74 Å². The minimum absolute atomic E-state index is 0.0957. The Hall–Kier alpha value is -2.09. The Labute approximate surface area is 126 Å². The molecule has 1 aromatic carbocycles. The van der Waals surface area contributed by atoms with E-state index in [1.807, 2.05) is 0 Å². The molecule has 0 radical (unpaired) electrons. The molecule has 0 fully saturated rings. The summed E-state index contributed by atoms with van der Waals surface area (Å²) in [5.41, 5.74) is 5.53. The van der Waals surface area contributed by atoms with Crippen LogP contribution in [0, 0.1) is 16.0 Å². The van der Waals surface area contributed by atoms with Crippen LogP contribution in [-0.2, 0) is 15.3 Å². The maximum absolute atomic E-state index is 11.3. The van der Waals surface area contributed by atoms with Crippen LogP contribution < -0.4 is 5.73 Å². The number of hydrogen-bond acceptors (Lipinski definition) is 6. The first-order valence-electron chi connectivity index (χ1n) is 6.09. The number of nitrogens with zero attached hydrogens (tertiary/aromatic N) is 1. The van der Waals surface area contributed by atoms with E-state index < -0.39 is 10.8 Å². The van der Waals surface area contributed by atoms with Crippen molar-refractivity contribution in [3.05, 3.63) is 39.4 Å². The molecule has 21 heavy (non-hydrogen) atoms. The maximum atomic E-state index is 11.3. The third kappa shape index (κ3) is 4.75. The number of methoxy groups -OCH3 is 1. The molecule has 0 aromatic heterocycles. The number of rotatable bonds is 7. The zero-order valence-electron chi connectivity index (χ0n) is 11.7. The second kappa shape index (κ2) is 7.63. The fraction of sp³-hybridized carbons (Fsp3) is 0.385. The Morgan fingerprint density at radius 1 is 1.48 bits per heavy atom. The third-order valence-corrected chi connectivity index (χ3v) is 4.05. The third-order valence-electron chi connectivity index (χ3n) is 2.80. The molecule has 7 nitrogen and oxygen atoms in total. The van der Waals surface area contributed by atoms with Crippen molar-refractivity contribution in [2.45, 2.75) is 12.7 Å². The van der Waals surface area contributed by atoms with Crippen molar-refractivity contribution in [1.82, 2.24) is 0 Å². The molecule has 0 saturated carbocycles. The lowest BCUT2D eigenvalue weighted by atomic mass is 10.1. The number of nitro benzene ring substituents is 1. The number of nitro groups is 1. The average molecular weight is 312 g/mol. The van der Waals surface area contributed by atoms with Gasteiger partial charge in [0.05, 0.1) is 18.0 Å². The number of ether oxygens (including phenoxy) is 1. The molecular formula is C13H16N2O5S. The standard InChI is InChI=1S/C13H16N2O5S/c1-8(13(17)20-2)6-21-7-10-4-3-9(12(14)16)5-11(10)15(18)19/h3-5,8H,6-7H2,1-2H3,(H2,14,16). The molecule has 0 bridgehead atoms. The molecule has 1 unspecified atom stereocenters. The predicted octanol–water partition coefficient (Wildman–Crippen LogP) is 1.74. The summed E-state index contributed by atoms with van der Waals surface area (Å²) in [5, 5.41) is 11.0. The van der Waals surface area contributed by atoms with Crippen LogP contribution in [0.2, 0.25) is 0 Å². The van der Waals surface area contributed by atoms with E-state index in [1.54, 1.807) is 6.92 Å². The summed E-state index contributed by atoms with van der Waals surface area (Å²) >= 11 is 1.38. The normalized spacial score (nSPS) is 11.7. The Morgan fingerprint density at radius 3 is 2.67 bits per heavy atom. The predicted molar refractivity (Wildman–Crippen MR) is 79.0 cm³/mol. The van der Waals surface area contributed by atoms with Crippen molar-refractivity contribution < 1.29 is 19.2 Å². The molecule has 1 atom stereocenters. The number of primary amides is 1. The van der Waals surface area contributed by atoms with E-state index in [1.165, 1.54) is 37.1 Å². The first-order valence-corrected chi connectivity index (χ1v) is 7.25. The Morgan fingerprint density at radius 2 is 2.14 bits per heavy atom. The van der Waals surface area contributed by atoms with Crippen LogP contribution in [0.1, 0.15) is 22.8 Å². The number of nitrogens with two attached hydrogens (primary N) is 1. The SMILES string of the molecule is COC(=O)C(C)CSCc1ccc(C(N)=O)cc1[N+](=O)[O-]. The van der Waals surface area contributed by atoms with E-state index in [4.69, 9.17) is 5.73 Å². The van der Waals surface area contributed by atoms with Gasteiger partial charge in [0.15, 0.2) is 0 Å². The minimum Gasteiger partial charge on any atom is -0.469 e. The van der Waals surface area contributed by atoms with Crippen molar-refractivity contribution >= 4 is 29.3 Å². The van der Waals surface area contributed by atoms with Gasteiger partial charge in [-0.2, -0.15) is 11.8 Å². The first kappa shape index (κ1) is 17.0. The molecule has 8 heteroatoms. The lowest BCUT2D eigenvalue weighted by Crippen LogP contribution is -2.15. The van der Waals surface area contributed by atoms with Gasteiger partial charge in [0.2, 0.25) is 5.91 Å². The van der Waals surface area contributed by atoms with Crippen molar-refractivity contribution in [2.75, 3.05) is 12.9 Å². The molecule has 1 aromatic rings. The van der Waals surface area contributed by atoms with Gasteiger partial charge >= 0.3 is 5.97 Å². The molecular weight excluding hydrogens is 296 g/mol. The number of carbonyl (C=O) groups is 2. The molecule has 2 N–H and O–H groups in total. The highest BCUT2D eigenvalue weighted by Gasteiger charge is 2.18. The van der Waals surface area contributed by atoms with E-state index in [0.717, 1.165) is 0 Å². The van der Waals surface area contributed by atoms with Crippen LogP contribution in [0.15, 0.2) is 18.2 Å². The van der Waals surface area contributed by atoms with Gasteiger partial charge in [0, 0.05) is 28.7 Å². The minimum atomic E-state index is -0.711. The molecule has 1 rings (SSSR count). The molecule has 114 valence electrons. The second-order valence-electron chi connectivity index (χ2n) is 4.40. The van der Waals surface area contributed by atoms with E-state index in [0.29, 0.717) is 17.1 Å². The van der Waals surface area contributed by atoms with E-state index >= 15 is 0 Å². The van der Waals surface area contributed by atoms with E-state index in [-0.39, 0.29) is 23.1 Å². The smallest absolute Gasteiger partial charge is 0.309 e. The van der Waals surface area contributed by atoms with Gasteiger partial charge in [-0.3, -0.25) is 19.7 Å². The van der Waals surface area contributed by atoms with Crippen molar-refractivity contribution in [3.63, 3.8) is 0 Å². The maximum Gasteiger partial charge on any atom is 0.309 e. The summed E-state index contributed by atoms with van der Waals surface area (Å²) in [6.45, 7) is 1.73. The highest BCUT2D eigenvalue weighted by Crippen LogP contribution is 2.25. The molecule has 0 saturated heterocycles. The van der Waals surface area contributed by atoms with Gasteiger partial charge in [-0.1, -0.05) is 13.0 Å². The Balaban J connectivity index is 2.77. The van der Waals surface area contributed by atoms with Crippen LogP contribution in [0.3, 0.4) is 0 Å². The number of esters is 1. The summed E-state index contributed by atoms with van der Waals surface area (Å²) in [6.07, 6.45) is 0. The van der Waals surface area contributed by atoms with Crippen LogP contribution in [0.4, 0.5) is 5.69 Å². The summed E-state index contributed by atoms with van der Waals surface area (Å²) < 4.78 is 4.61. The fourth-order valence-electron chi connectivity index (χ4n) is 1.62. The Kier molecular flexibility index (Phi) is 6.16. The van der Waals surface area contributed by atoms with Crippen LogP contribution in [-0.4, -0.2) is 29.7 Å². The molecule has 0 aliphatic rings. The number of hydrogen-bond donors (Lipinski definition) is 1. The molecule has 0 spiro atoms. The van der Waals surface area contributed by atoms with Crippen LogP contribution in [0.5, 0.6) is 0 Å². The van der Waals surface area contributed by atoms with Crippen LogP contribution in [0.25, 0.3) is 0 Å². The quantitative estimate of drug-likeness (QED) is 0.466. The zero-order valence-corrected chi connectivity index (χ0v) is 12.5. The van der Waals surface area contributed by atoms with Crippen LogP contribution >= 0.6 is 11.8 Å². The van der Waals surface area contributed by atoms with Gasteiger partial charge < -0.3 is 10.5 Å². The summed E-state index contributed by atoms with van der Waals surface area (Å²) in [6, 6.07) is 4.13. The van der Waals surface area contributed by atoms with Gasteiger partial charge in [-0.15, -0.1) is 0 Å². The topological polar surface area (TPSA) is 113 Å². The number of amides is 1. The van der Waals surface area contributed by atoms with Crippen molar-refractivity contribution in [2.24, 2.45) is 11.7 Å². The van der Waals surface area contributed by atoms with Gasteiger partial charge in [-0.25, -0.2) is 0 Å². The summed E-state index contributed by atoms with van der Waals surface area (Å²) in [5.74, 6) is -0.473. The van der Waals surface area contributed by atoms with Gasteiger partial charge in [-0.05, 0) is 6.07 Å². The van der Waals surface area contributed by atoms with Gasteiger partial charge in [0.25, 0.3) is 5.69 Å². The highest BCUT2D eigenvalue weighted by atomic mass is 32.2. The lowest BCUT2D eigenvalue weighted by Gasteiger charge is -2.09. The molecule has 1 amide bonds. The summed E-state index contributed by atoms with van der Waals surface area (Å²) in [4.78, 5) is 32.8. The number of benzene rings is 1.